The Morgan fingerprint density at radius 2 is 1.96 bits per heavy atom. The first-order chi connectivity index (χ1) is 11.5. The van der Waals surface area contributed by atoms with Crippen LogP contribution in [0, 0.1) is 11.3 Å². The number of carbonyl (C=O) groups is 2. The number of benzene rings is 1. The van der Waals surface area contributed by atoms with Gasteiger partial charge in [0, 0.05) is 13.1 Å². The van der Waals surface area contributed by atoms with Gasteiger partial charge in [0.15, 0.2) is 0 Å². The summed E-state index contributed by atoms with van der Waals surface area (Å²) >= 11 is 0. The average Bonchev–Trinajstić information content (AvgIpc) is 2.61. The highest BCUT2D eigenvalue weighted by Crippen LogP contribution is 2.17. The van der Waals surface area contributed by atoms with Crippen LogP contribution >= 0.6 is 0 Å². The summed E-state index contributed by atoms with van der Waals surface area (Å²) in [7, 11) is 0. The van der Waals surface area contributed by atoms with E-state index in [4.69, 9.17) is 9.47 Å². The summed E-state index contributed by atoms with van der Waals surface area (Å²) in [6.45, 7) is 3.23. The normalized spacial score (nSPS) is 16.2. The van der Waals surface area contributed by atoms with Crippen molar-refractivity contribution in [3.05, 3.63) is 35.4 Å². The number of amides is 1. The van der Waals surface area contributed by atoms with Gasteiger partial charge in [0.1, 0.15) is 23.5 Å². The van der Waals surface area contributed by atoms with Crippen LogP contribution in [0.15, 0.2) is 29.8 Å². The second-order valence-corrected chi connectivity index (χ2v) is 5.22. The van der Waals surface area contributed by atoms with Gasteiger partial charge in [-0.05, 0) is 30.7 Å². The molecule has 24 heavy (non-hydrogen) atoms. The van der Waals surface area contributed by atoms with Gasteiger partial charge in [-0.25, -0.2) is 0 Å². The molecule has 7 nitrogen and oxygen atoms in total. The quantitative estimate of drug-likeness (QED) is 0.555. The molecule has 0 aromatic heterocycles. The van der Waals surface area contributed by atoms with E-state index in [1.54, 1.807) is 29.2 Å². The number of ether oxygens (including phenoxy) is 2. The molecule has 1 aromatic rings. The van der Waals surface area contributed by atoms with Gasteiger partial charge in [0.05, 0.1) is 19.2 Å². The minimum Gasteiger partial charge on any atom is -0.546 e. The van der Waals surface area contributed by atoms with Gasteiger partial charge in [0.2, 0.25) is 0 Å². The standard InChI is InChI=1S/C17H18N2O5/c1-12(17(21)22)24-15-4-2-13(3-5-15)10-14(11-18)16(20)19-6-8-23-9-7-19/h2-5,10,12H,6-9H2,1H3,(H,21,22)/p-1/b14-10-/t12-/m1/s1. The molecular formula is C17H17N2O5-. The first-order valence-corrected chi connectivity index (χ1v) is 7.47. The monoisotopic (exact) mass is 329 g/mol. The van der Waals surface area contributed by atoms with Crippen molar-refractivity contribution in [3.8, 4) is 11.8 Å². The van der Waals surface area contributed by atoms with Gasteiger partial charge in [-0.1, -0.05) is 12.1 Å². The Balaban J connectivity index is 2.09. The molecule has 0 unspecified atom stereocenters. The molecule has 7 heteroatoms. The van der Waals surface area contributed by atoms with Crippen molar-refractivity contribution in [1.82, 2.24) is 4.90 Å². The van der Waals surface area contributed by atoms with Crippen molar-refractivity contribution in [2.45, 2.75) is 13.0 Å². The molecule has 1 fully saturated rings. The molecule has 0 bridgehead atoms. The number of morpholine rings is 1. The Hall–Kier alpha value is -2.85. The van der Waals surface area contributed by atoms with Crippen molar-refractivity contribution < 1.29 is 24.2 Å². The van der Waals surface area contributed by atoms with Gasteiger partial charge in [0.25, 0.3) is 5.91 Å². The van der Waals surface area contributed by atoms with Crippen LogP contribution in [0.25, 0.3) is 6.08 Å². The van der Waals surface area contributed by atoms with Crippen molar-refractivity contribution in [2.24, 2.45) is 0 Å². The highest BCUT2D eigenvalue weighted by molar-refractivity contribution is 6.01. The van der Waals surface area contributed by atoms with Crippen molar-refractivity contribution in [1.29, 1.82) is 5.26 Å². The fourth-order valence-corrected chi connectivity index (χ4v) is 2.14. The number of carboxylic acid groups (broad SMARTS) is 1. The zero-order chi connectivity index (χ0) is 17.5. The molecule has 1 aromatic carbocycles. The molecule has 0 N–H and O–H groups in total. The van der Waals surface area contributed by atoms with E-state index in [0.29, 0.717) is 37.6 Å². The molecule has 1 amide bonds. The van der Waals surface area contributed by atoms with Gasteiger partial charge in [-0.2, -0.15) is 5.26 Å². The summed E-state index contributed by atoms with van der Waals surface area (Å²) < 4.78 is 10.4. The molecule has 1 saturated heterocycles. The largest absolute Gasteiger partial charge is 0.546 e. The molecule has 1 heterocycles. The molecule has 1 aliphatic rings. The zero-order valence-corrected chi connectivity index (χ0v) is 13.2. The first kappa shape index (κ1) is 17.5. The van der Waals surface area contributed by atoms with Crippen molar-refractivity contribution in [3.63, 3.8) is 0 Å². The summed E-state index contributed by atoms with van der Waals surface area (Å²) in [5.41, 5.74) is 0.676. The Labute approximate surface area is 139 Å². The predicted octanol–water partition coefficient (Wildman–Crippen LogP) is -0.0304. The van der Waals surface area contributed by atoms with Crippen LogP contribution in [0.2, 0.25) is 0 Å². The summed E-state index contributed by atoms with van der Waals surface area (Å²) in [6.07, 6.45) is 0.424. The third kappa shape index (κ3) is 4.57. The van der Waals surface area contributed by atoms with Crippen LogP contribution < -0.4 is 9.84 Å². The first-order valence-electron chi connectivity index (χ1n) is 7.47. The number of aliphatic carboxylic acids is 1. The second-order valence-electron chi connectivity index (χ2n) is 5.22. The van der Waals surface area contributed by atoms with Gasteiger partial charge in [-0.3, -0.25) is 4.79 Å². The maximum Gasteiger partial charge on any atom is 0.264 e. The fraction of sp³-hybridized carbons (Fsp3) is 0.353. The highest BCUT2D eigenvalue weighted by Gasteiger charge is 2.20. The summed E-state index contributed by atoms with van der Waals surface area (Å²) in [6, 6.07) is 8.34. The van der Waals surface area contributed by atoms with Crippen LogP contribution in [-0.2, 0) is 14.3 Å². The number of hydrogen-bond donors (Lipinski definition) is 0. The zero-order valence-electron chi connectivity index (χ0n) is 13.2. The molecule has 1 aliphatic heterocycles. The Kier molecular flexibility index (Phi) is 5.93. The highest BCUT2D eigenvalue weighted by atomic mass is 16.5. The second kappa shape index (κ2) is 8.13. The number of nitriles is 1. The minimum absolute atomic E-state index is 0.0358. The molecular weight excluding hydrogens is 312 g/mol. The lowest BCUT2D eigenvalue weighted by molar-refractivity contribution is -0.312. The van der Waals surface area contributed by atoms with Crippen molar-refractivity contribution >= 4 is 18.0 Å². The Morgan fingerprint density at radius 1 is 1.33 bits per heavy atom. The maximum absolute atomic E-state index is 12.3. The number of carbonyl (C=O) groups excluding carboxylic acids is 2. The van der Waals surface area contributed by atoms with E-state index in [0.717, 1.165) is 0 Å². The van der Waals surface area contributed by atoms with E-state index >= 15 is 0 Å². The number of carboxylic acids is 1. The molecule has 0 aliphatic carbocycles. The van der Waals surface area contributed by atoms with E-state index in [1.165, 1.54) is 13.0 Å². The van der Waals surface area contributed by atoms with Crippen LogP contribution in [-0.4, -0.2) is 49.2 Å². The third-order valence-corrected chi connectivity index (χ3v) is 3.49. The lowest BCUT2D eigenvalue weighted by Gasteiger charge is -2.26. The summed E-state index contributed by atoms with van der Waals surface area (Å²) in [5.74, 6) is -1.27. The minimum atomic E-state index is -1.30. The molecule has 1 atom stereocenters. The van der Waals surface area contributed by atoms with Crippen LogP contribution in [0.4, 0.5) is 0 Å². The summed E-state index contributed by atoms with van der Waals surface area (Å²) in [5, 5.41) is 19.9. The maximum atomic E-state index is 12.3. The smallest absolute Gasteiger partial charge is 0.264 e. The molecule has 2 rings (SSSR count). The Bertz CT molecular complexity index is 669. The van der Waals surface area contributed by atoms with E-state index in [1.807, 2.05) is 6.07 Å². The third-order valence-electron chi connectivity index (χ3n) is 3.49. The van der Waals surface area contributed by atoms with E-state index in [2.05, 4.69) is 0 Å². The molecule has 0 spiro atoms. The van der Waals surface area contributed by atoms with Crippen molar-refractivity contribution in [2.75, 3.05) is 26.3 Å². The van der Waals surface area contributed by atoms with Gasteiger partial charge < -0.3 is 24.3 Å². The van der Waals surface area contributed by atoms with Crippen LogP contribution in [0.3, 0.4) is 0 Å². The molecule has 0 radical (unpaired) electrons. The summed E-state index contributed by atoms with van der Waals surface area (Å²) in [4.78, 5) is 24.5. The predicted molar refractivity (Wildman–Crippen MR) is 82.5 cm³/mol. The van der Waals surface area contributed by atoms with E-state index < -0.39 is 12.1 Å². The molecule has 0 saturated carbocycles. The van der Waals surface area contributed by atoms with Gasteiger partial charge in [-0.15, -0.1) is 0 Å². The van der Waals surface area contributed by atoms with Crippen LogP contribution in [0.5, 0.6) is 5.75 Å². The van der Waals surface area contributed by atoms with E-state index in [9.17, 15) is 20.0 Å². The molecule has 126 valence electrons. The average molecular weight is 329 g/mol. The van der Waals surface area contributed by atoms with Gasteiger partial charge >= 0.3 is 0 Å². The lowest BCUT2D eigenvalue weighted by atomic mass is 10.1. The fourth-order valence-electron chi connectivity index (χ4n) is 2.14. The number of rotatable bonds is 5. The Morgan fingerprint density at radius 3 is 2.50 bits per heavy atom. The SMILES string of the molecule is C[C@@H](Oc1ccc(/C=C(/C#N)C(=O)N2CCOCC2)cc1)C(=O)[O-]. The lowest BCUT2D eigenvalue weighted by Crippen LogP contribution is -2.41. The number of nitrogens with zero attached hydrogens (tertiary/aromatic N) is 2. The van der Waals surface area contributed by atoms with E-state index in [-0.39, 0.29) is 11.5 Å². The number of hydrogen-bond acceptors (Lipinski definition) is 6. The van der Waals surface area contributed by atoms with Crippen LogP contribution in [0.1, 0.15) is 12.5 Å². The topological polar surface area (TPSA) is 103 Å².